The molecule has 1 aliphatic carbocycles. The van der Waals surface area contributed by atoms with Crippen LogP contribution in [0.15, 0.2) is 24.3 Å². The summed E-state index contributed by atoms with van der Waals surface area (Å²) in [6.45, 7) is 1.19. The molecule has 142 valence electrons. The van der Waals surface area contributed by atoms with Crippen molar-refractivity contribution in [1.82, 2.24) is 10.2 Å². The first-order valence-corrected chi connectivity index (χ1v) is 9.40. The van der Waals surface area contributed by atoms with E-state index >= 15 is 0 Å². The summed E-state index contributed by atoms with van der Waals surface area (Å²) in [4.78, 5) is 26.0. The molecule has 0 spiro atoms. The molecule has 1 aliphatic heterocycles. The van der Waals surface area contributed by atoms with E-state index < -0.39 is 12.0 Å². The maximum Gasteiger partial charge on any atom is 0.320 e. The lowest BCUT2D eigenvalue weighted by Gasteiger charge is -2.32. The number of carboxylic acid groups (broad SMARTS) is 1. The van der Waals surface area contributed by atoms with Gasteiger partial charge in [0.25, 0.3) is 0 Å². The largest absolute Gasteiger partial charge is 0.480 e. The van der Waals surface area contributed by atoms with Gasteiger partial charge in [-0.25, -0.2) is 0 Å². The highest BCUT2D eigenvalue weighted by Crippen LogP contribution is 2.39. The number of methoxy groups -OCH3 is 1. The fraction of sp³-hybridized carbons (Fsp3) is 0.600. The maximum atomic E-state index is 12.4. The van der Waals surface area contributed by atoms with E-state index in [1.807, 2.05) is 29.2 Å². The fourth-order valence-corrected chi connectivity index (χ4v) is 4.37. The smallest absolute Gasteiger partial charge is 0.320 e. The van der Waals surface area contributed by atoms with Crippen LogP contribution in [-0.2, 0) is 27.5 Å². The zero-order valence-electron chi connectivity index (χ0n) is 15.3. The molecule has 6 nitrogen and oxygen atoms in total. The molecular formula is C20H28N2O4. The van der Waals surface area contributed by atoms with Crippen molar-refractivity contribution in [2.45, 2.75) is 57.3 Å². The number of likely N-dealkylation sites (tertiary alicyclic amines) is 1. The van der Waals surface area contributed by atoms with Crippen LogP contribution in [0.5, 0.6) is 0 Å². The van der Waals surface area contributed by atoms with Crippen molar-refractivity contribution in [3.05, 3.63) is 35.4 Å². The van der Waals surface area contributed by atoms with E-state index in [4.69, 9.17) is 4.74 Å². The van der Waals surface area contributed by atoms with E-state index in [2.05, 4.69) is 5.32 Å². The first-order valence-electron chi connectivity index (χ1n) is 9.40. The molecule has 26 heavy (non-hydrogen) atoms. The second-order valence-corrected chi connectivity index (χ2v) is 7.40. The number of hydrogen-bond acceptors (Lipinski definition) is 4. The fourth-order valence-electron chi connectivity index (χ4n) is 4.37. The first kappa shape index (κ1) is 18.9. The zero-order valence-corrected chi connectivity index (χ0v) is 15.3. The Balaban J connectivity index is 1.55. The third-order valence-electron chi connectivity index (χ3n) is 5.66. The first-order chi connectivity index (χ1) is 12.6. The lowest BCUT2D eigenvalue weighted by atomic mass is 9.85. The third-order valence-corrected chi connectivity index (χ3v) is 5.66. The lowest BCUT2D eigenvalue weighted by Crippen LogP contribution is -2.47. The highest BCUT2D eigenvalue weighted by atomic mass is 16.5. The van der Waals surface area contributed by atoms with E-state index in [1.165, 1.54) is 6.42 Å². The number of rotatable bonds is 7. The number of benzene rings is 1. The predicted molar refractivity (Wildman–Crippen MR) is 97.5 cm³/mol. The molecule has 1 saturated heterocycles. The van der Waals surface area contributed by atoms with Gasteiger partial charge < -0.3 is 15.2 Å². The molecule has 3 unspecified atom stereocenters. The number of ether oxygens (including phenoxy) is 1. The summed E-state index contributed by atoms with van der Waals surface area (Å²) in [6.07, 6.45) is 5.06. The number of carbonyl (C=O) groups is 2. The molecule has 3 atom stereocenters. The van der Waals surface area contributed by atoms with Gasteiger partial charge in [0.1, 0.15) is 6.04 Å². The summed E-state index contributed by atoms with van der Waals surface area (Å²) in [5.41, 5.74) is 2.11. The van der Waals surface area contributed by atoms with Crippen LogP contribution in [0.25, 0.3) is 0 Å². The Bertz CT molecular complexity index is 631. The molecule has 0 bridgehead atoms. The standard InChI is InChI=1S/C20H28N2O4/c1-26-13-15-8-6-14(7-9-15)11-21-19(23)12-22-17-5-3-2-4-16(17)10-18(22)20(24)25/h6-9,16-18H,2-5,10-13H2,1H3,(H,21,23)(H,24,25). The Morgan fingerprint density at radius 2 is 1.88 bits per heavy atom. The summed E-state index contributed by atoms with van der Waals surface area (Å²) in [6, 6.07) is 7.63. The Morgan fingerprint density at radius 1 is 1.19 bits per heavy atom. The Kier molecular flexibility index (Phi) is 6.27. The van der Waals surface area contributed by atoms with E-state index in [-0.39, 0.29) is 18.5 Å². The van der Waals surface area contributed by atoms with E-state index in [0.29, 0.717) is 25.5 Å². The van der Waals surface area contributed by atoms with Gasteiger partial charge in [0.15, 0.2) is 0 Å². The number of nitrogens with zero attached hydrogens (tertiary/aromatic N) is 1. The van der Waals surface area contributed by atoms with E-state index in [1.54, 1.807) is 7.11 Å². The molecule has 6 heteroatoms. The molecule has 3 rings (SSSR count). The molecule has 0 aromatic heterocycles. The quantitative estimate of drug-likeness (QED) is 0.779. The van der Waals surface area contributed by atoms with Gasteiger partial charge in [0.05, 0.1) is 13.2 Å². The third kappa shape index (κ3) is 4.43. The molecular weight excluding hydrogens is 332 g/mol. The van der Waals surface area contributed by atoms with Gasteiger partial charge in [0, 0.05) is 19.7 Å². The second-order valence-electron chi connectivity index (χ2n) is 7.40. The summed E-state index contributed by atoms with van der Waals surface area (Å²) in [7, 11) is 1.66. The van der Waals surface area contributed by atoms with E-state index in [0.717, 1.165) is 30.4 Å². The number of hydrogen-bond donors (Lipinski definition) is 2. The molecule has 0 radical (unpaired) electrons. The predicted octanol–water partition coefficient (Wildman–Crippen LogP) is 2.17. The molecule has 2 N–H and O–H groups in total. The maximum absolute atomic E-state index is 12.4. The van der Waals surface area contributed by atoms with Crippen LogP contribution >= 0.6 is 0 Å². The normalized spacial score (nSPS) is 25.7. The van der Waals surface area contributed by atoms with Gasteiger partial charge >= 0.3 is 5.97 Å². The Labute approximate surface area is 154 Å². The minimum absolute atomic E-state index is 0.108. The number of amides is 1. The summed E-state index contributed by atoms with van der Waals surface area (Å²) in [5.74, 6) is -0.490. The topological polar surface area (TPSA) is 78.9 Å². The van der Waals surface area contributed by atoms with Crippen LogP contribution in [0.1, 0.15) is 43.2 Å². The molecule has 1 aromatic carbocycles. The van der Waals surface area contributed by atoms with Crippen LogP contribution in [0.3, 0.4) is 0 Å². The average Bonchev–Trinajstić information content (AvgIpc) is 3.00. The lowest BCUT2D eigenvalue weighted by molar-refractivity contribution is -0.143. The van der Waals surface area contributed by atoms with Crippen molar-refractivity contribution in [2.24, 2.45) is 5.92 Å². The molecule has 1 aromatic rings. The molecule has 1 heterocycles. The Morgan fingerprint density at radius 3 is 2.58 bits per heavy atom. The van der Waals surface area contributed by atoms with Crippen LogP contribution < -0.4 is 5.32 Å². The summed E-state index contributed by atoms with van der Waals surface area (Å²) < 4.78 is 5.09. The number of aliphatic carboxylic acids is 1. The van der Waals surface area contributed by atoms with E-state index in [9.17, 15) is 14.7 Å². The van der Waals surface area contributed by atoms with Gasteiger partial charge in [0.2, 0.25) is 5.91 Å². The Hall–Kier alpha value is -1.92. The summed E-state index contributed by atoms with van der Waals surface area (Å²) >= 11 is 0. The highest BCUT2D eigenvalue weighted by Gasteiger charge is 2.45. The van der Waals surface area contributed by atoms with Gasteiger partial charge in [-0.1, -0.05) is 37.1 Å². The highest BCUT2D eigenvalue weighted by molar-refractivity contribution is 5.80. The monoisotopic (exact) mass is 360 g/mol. The van der Waals surface area contributed by atoms with Crippen LogP contribution in [0.2, 0.25) is 0 Å². The van der Waals surface area contributed by atoms with Crippen LogP contribution in [0.4, 0.5) is 0 Å². The minimum atomic E-state index is -0.805. The summed E-state index contributed by atoms with van der Waals surface area (Å²) in [5, 5.41) is 12.5. The van der Waals surface area contributed by atoms with Gasteiger partial charge in [-0.05, 0) is 36.3 Å². The van der Waals surface area contributed by atoms with Crippen molar-refractivity contribution in [3.63, 3.8) is 0 Å². The van der Waals surface area contributed by atoms with Crippen molar-refractivity contribution in [1.29, 1.82) is 0 Å². The van der Waals surface area contributed by atoms with Gasteiger partial charge in [-0.15, -0.1) is 0 Å². The average molecular weight is 360 g/mol. The van der Waals surface area contributed by atoms with Crippen LogP contribution in [-0.4, -0.2) is 47.6 Å². The molecule has 2 fully saturated rings. The van der Waals surface area contributed by atoms with Crippen molar-refractivity contribution < 1.29 is 19.4 Å². The minimum Gasteiger partial charge on any atom is -0.480 e. The number of carbonyl (C=O) groups excluding carboxylic acids is 1. The van der Waals surface area contributed by atoms with Crippen molar-refractivity contribution >= 4 is 11.9 Å². The van der Waals surface area contributed by atoms with Crippen molar-refractivity contribution in [3.8, 4) is 0 Å². The number of fused-ring (bicyclic) bond motifs is 1. The zero-order chi connectivity index (χ0) is 18.5. The number of carboxylic acids is 1. The molecule has 1 amide bonds. The van der Waals surface area contributed by atoms with Crippen LogP contribution in [0, 0.1) is 5.92 Å². The van der Waals surface area contributed by atoms with Crippen molar-refractivity contribution in [2.75, 3.05) is 13.7 Å². The number of nitrogens with one attached hydrogen (secondary N) is 1. The SMILES string of the molecule is COCc1ccc(CNC(=O)CN2C(C(=O)O)CC3CCCCC32)cc1. The second kappa shape index (κ2) is 8.64. The van der Waals surface area contributed by atoms with Gasteiger partial charge in [-0.2, -0.15) is 0 Å². The molecule has 2 aliphatic rings. The van der Waals surface area contributed by atoms with Gasteiger partial charge in [-0.3, -0.25) is 14.5 Å². The molecule has 1 saturated carbocycles.